The number of hydrogen-bond donors (Lipinski definition) is 1. The fourth-order valence-electron chi connectivity index (χ4n) is 4.59. The molecule has 1 fully saturated rings. The maximum Gasteiger partial charge on any atom is 0.350 e. The van der Waals surface area contributed by atoms with Crippen LogP contribution in [0.2, 0.25) is 0 Å². The van der Waals surface area contributed by atoms with Gasteiger partial charge >= 0.3 is 11.9 Å². The van der Waals surface area contributed by atoms with E-state index in [1.807, 2.05) is 6.92 Å². The first-order valence-corrected chi connectivity index (χ1v) is 12.6. The third kappa shape index (κ3) is 4.37. The van der Waals surface area contributed by atoms with E-state index in [0.29, 0.717) is 29.0 Å². The highest BCUT2D eigenvalue weighted by Gasteiger charge is 2.48. The number of thiazole rings is 1. The van der Waals surface area contributed by atoms with Gasteiger partial charge in [0.1, 0.15) is 34.9 Å². The van der Waals surface area contributed by atoms with Gasteiger partial charge in [0, 0.05) is 12.0 Å². The Morgan fingerprint density at radius 2 is 2.03 bits per heavy atom. The average Bonchev–Trinajstić information content (AvgIpc) is 3.54. The minimum absolute atomic E-state index is 0.00377. The Hall–Kier alpha value is -4.31. The van der Waals surface area contributed by atoms with Gasteiger partial charge in [-0.05, 0) is 55.3 Å². The maximum atomic E-state index is 13.8. The molecule has 38 heavy (non-hydrogen) atoms. The molecule has 3 heterocycles. The number of aliphatic hydroxyl groups excluding tert-OH is 1. The van der Waals surface area contributed by atoms with Crippen LogP contribution in [0.1, 0.15) is 45.0 Å². The number of aliphatic hydroxyl groups is 1. The molecule has 1 aromatic heterocycles. The first kappa shape index (κ1) is 25.3. The summed E-state index contributed by atoms with van der Waals surface area (Å²) in [4.78, 5) is 44.9. The number of aromatic nitrogens is 1. The molecule has 1 N–H and O–H groups in total. The highest BCUT2D eigenvalue weighted by atomic mass is 32.1. The van der Waals surface area contributed by atoms with Gasteiger partial charge in [0.15, 0.2) is 5.13 Å². The van der Waals surface area contributed by atoms with Crippen LogP contribution < -0.4 is 9.64 Å². The zero-order valence-electron chi connectivity index (χ0n) is 20.6. The monoisotopic (exact) mass is 534 g/mol. The number of rotatable bonds is 6. The Bertz CT molecular complexity index is 1510. The largest absolute Gasteiger partial charge is 0.507 e. The highest BCUT2D eigenvalue weighted by Crippen LogP contribution is 2.44. The van der Waals surface area contributed by atoms with Crippen LogP contribution in [0.15, 0.2) is 60.7 Å². The number of ether oxygens (including phenoxy) is 2. The third-order valence-electron chi connectivity index (χ3n) is 6.31. The molecule has 8 nitrogen and oxygen atoms in total. The van der Waals surface area contributed by atoms with E-state index < -0.39 is 29.5 Å². The number of carbonyl (C=O) groups is 3. The average molecular weight is 535 g/mol. The third-order valence-corrected chi connectivity index (χ3v) is 7.45. The van der Waals surface area contributed by atoms with Gasteiger partial charge in [-0.15, -0.1) is 0 Å². The summed E-state index contributed by atoms with van der Waals surface area (Å²) < 4.78 is 24.6. The number of esters is 1. The summed E-state index contributed by atoms with van der Waals surface area (Å²) in [5.41, 5.74) is 1.74. The van der Waals surface area contributed by atoms with Crippen molar-refractivity contribution in [3.8, 4) is 5.75 Å². The minimum Gasteiger partial charge on any atom is -0.507 e. The normalized spacial score (nSPS) is 19.8. The van der Waals surface area contributed by atoms with E-state index >= 15 is 0 Å². The molecule has 0 radical (unpaired) electrons. The Labute approximate surface area is 221 Å². The Morgan fingerprint density at radius 1 is 1.29 bits per heavy atom. The van der Waals surface area contributed by atoms with Crippen molar-refractivity contribution < 1.29 is 33.4 Å². The van der Waals surface area contributed by atoms with Gasteiger partial charge in [-0.1, -0.05) is 36.1 Å². The van der Waals surface area contributed by atoms with Crippen LogP contribution in [-0.4, -0.2) is 40.5 Å². The summed E-state index contributed by atoms with van der Waals surface area (Å²) in [7, 11) is 0. The van der Waals surface area contributed by atoms with Crippen molar-refractivity contribution >= 4 is 39.9 Å². The number of anilines is 1. The Morgan fingerprint density at radius 3 is 2.74 bits per heavy atom. The molecule has 1 saturated heterocycles. The van der Waals surface area contributed by atoms with Crippen LogP contribution in [0.25, 0.3) is 5.76 Å². The number of nitrogens with zero attached hydrogens (tertiary/aromatic N) is 2. The van der Waals surface area contributed by atoms with Gasteiger partial charge in [0.2, 0.25) is 0 Å². The molecule has 0 bridgehead atoms. The zero-order chi connectivity index (χ0) is 27.1. The summed E-state index contributed by atoms with van der Waals surface area (Å²) >= 11 is 0.887. The summed E-state index contributed by atoms with van der Waals surface area (Å²) in [6.07, 6.45) is 2.04. The van der Waals surface area contributed by atoms with Gasteiger partial charge in [0.25, 0.3) is 5.78 Å². The number of benzene rings is 2. The van der Waals surface area contributed by atoms with E-state index in [0.717, 1.165) is 21.8 Å². The van der Waals surface area contributed by atoms with E-state index in [2.05, 4.69) is 11.6 Å². The van der Waals surface area contributed by atoms with Crippen molar-refractivity contribution in [3.05, 3.63) is 93.8 Å². The lowest BCUT2D eigenvalue weighted by molar-refractivity contribution is -0.132. The second-order valence-corrected chi connectivity index (χ2v) is 9.95. The highest BCUT2D eigenvalue weighted by molar-refractivity contribution is 7.17. The number of hydrogen-bond acceptors (Lipinski definition) is 8. The molecular formula is C28H23FN2O6S. The minimum atomic E-state index is -1.11. The Balaban J connectivity index is 1.64. The second-order valence-electron chi connectivity index (χ2n) is 8.97. The topological polar surface area (TPSA) is 106 Å². The molecule has 2 aliphatic heterocycles. The number of ketones is 1. The lowest BCUT2D eigenvalue weighted by Crippen LogP contribution is -2.29. The number of amides is 1. The van der Waals surface area contributed by atoms with E-state index in [1.54, 1.807) is 25.1 Å². The van der Waals surface area contributed by atoms with Crippen LogP contribution >= 0.6 is 11.3 Å². The van der Waals surface area contributed by atoms with E-state index in [-0.39, 0.29) is 34.1 Å². The fourth-order valence-corrected chi connectivity index (χ4v) is 5.58. The van der Waals surface area contributed by atoms with Gasteiger partial charge < -0.3 is 14.6 Å². The van der Waals surface area contributed by atoms with E-state index in [1.165, 1.54) is 30.3 Å². The van der Waals surface area contributed by atoms with Crippen LogP contribution in [-0.2, 0) is 20.7 Å². The number of Topliss-reactive ketones (excluding diaryl/α,β-unsaturated/α-hetero) is 1. The summed E-state index contributed by atoms with van der Waals surface area (Å²) in [6, 6.07) is 9.22. The smallest absolute Gasteiger partial charge is 0.350 e. The molecule has 3 aromatic rings. The van der Waals surface area contributed by atoms with Crippen molar-refractivity contribution in [1.29, 1.82) is 0 Å². The standard InChI is InChI=1S/C28H23FN2O6S/c1-4-11-36-27(35)25-15(3)30-28(38-25)31-22(16-5-8-19(29)9-6-16)21(24(33)26(31)34)23(32)17-7-10-20-18(13-17)12-14(2)37-20/h4-10,13-14,22,32H,1,11-12H2,2-3H3. The van der Waals surface area contributed by atoms with Gasteiger partial charge in [0.05, 0.1) is 17.3 Å². The lowest BCUT2D eigenvalue weighted by Gasteiger charge is -2.23. The molecule has 2 unspecified atom stereocenters. The van der Waals surface area contributed by atoms with Gasteiger partial charge in [-0.3, -0.25) is 14.5 Å². The first-order chi connectivity index (χ1) is 18.2. The second kappa shape index (κ2) is 9.86. The molecule has 1 amide bonds. The SMILES string of the molecule is C=CCOC(=O)c1sc(N2C(=O)C(=O)C(=C(O)c3ccc4c(c3)CC(C)O4)C2c2ccc(F)cc2)nc1C. The number of aryl methyl sites for hydroxylation is 1. The summed E-state index contributed by atoms with van der Waals surface area (Å²) in [5.74, 6) is -2.68. The summed E-state index contributed by atoms with van der Waals surface area (Å²) in [5, 5.41) is 11.4. The quantitative estimate of drug-likeness (QED) is 0.158. The molecule has 2 aliphatic rings. The molecule has 0 spiro atoms. The molecule has 0 aliphatic carbocycles. The van der Waals surface area contributed by atoms with Crippen molar-refractivity contribution in [1.82, 2.24) is 4.98 Å². The first-order valence-electron chi connectivity index (χ1n) is 11.8. The zero-order valence-corrected chi connectivity index (χ0v) is 21.4. The van der Waals surface area contributed by atoms with Crippen molar-refractivity contribution in [2.45, 2.75) is 32.4 Å². The van der Waals surface area contributed by atoms with E-state index in [4.69, 9.17) is 9.47 Å². The molecule has 5 rings (SSSR count). The molecular weight excluding hydrogens is 511 g/mol. The molecule has 0 saturated carbocycles. The Kier molecular flexibility index (Phi) is 6.58. The van der Waals surface area contributed by atoms with E-state index in [9.17, 15) is 23.9 Å². The number of fused-ring (bicyclic) bond motifs is 1. The summed E-state index contributed by atoms with van der Waals surface area (Å²) in [6.45, 7) is 7.02. The molecule has 194 valence electrons. The van der Waals surface area contributed by atoms with Crippen LogP contribution in [0, 0.1) is 12.7 Å². The fraction of sp³-hybridized carbons (Fsp3) is 0.214. The molecule has 2 atom stereocenters. The predicted molar refractivity (Wildman–Crippen MR) is 139 cm³/mol. The number of carbonyl (C=O) groups excluding carboxylic acids is 3. The molecule has 2 aromatic carbocycles. The van der Waals surface area contributed by atoms with Crippen molar-refractivity contribution in [3.63, 3.8) is 0 Å². The van der Waals surface area contributed by atoms with Crippen molar-refractivity contribution in [2.75, 3.05) is 11.5 Å². The van der Waals surface area contributed by atoms with Crippen LogP contribution in [0.3, 0.4) is 0 Å². The van der Waals surface area contributed by atoms with Crippen LogP contribution in [0.4, 0.5) is 9.52 Å². The van der Waals surface area contributed by atoms with Gasteiger partial charge in [-0.25, -0.2) is 14.2 Å². The van der Waals surface area contributed by atoms with Crippen molar-refractivity contribution in [2.24, 2.45) is 0 Å². The van der Waals surface area contributed by atoms with Gasteiger partial charge in [-0.2, -0.15) is 0 Å². The van der Waals surface area contributed by atoms with Crippen LogP contribution in [0.5, 0.6) is 5.75 Å². The predicted octanol–water partition coefficient (Wildman–Crippen LogP) is 4.88. The lowest BCUT2D eigenvalue weighted by atomic mass is 9.94. The molecule has 10 heteroatoms. The number of halogens is 1. The maximum absolute atomic E-state index is 13.8.